The van der Waals surface area contributed by atoms with Gasteiger partial charge in [0, 0.05) is 5.41 Å². The minimum absolute atomic E-state index is 0.0181. The average molecular weight is 222 g/mol. The third-order valence-electron chi connectivity index (χ3n) is 4.37. The molecule has 0 heterocycles. The van der Waals surface area contributed by atoms with Gasteiger partial charge in [0.15, 0.2) is 0 Å². The molecule has 0 aromatic heterocycles. The van der Waals surface area contributed by atoms with Gasteiger partial charge in [-0.1, -0.05) is 44.8 Å². The van der Waals surface area contributed by atoms with E-state index in [0.717, 1.165) is 19.3 Å². The highest BCUT2D eigenvalue weighted by molar-refractivity contribution is 5.72. The van der Waals surface area contributed by atoms with Crippen molar-refractivity contribution in [1.29, 1.82) is 0 Å². The zero-order valence-corrected chi connectivity index (χ0v) is 10.1. The summed E-state index contributed by atoms with van der Waals surface area (Å²) in [6.07, 6.45) is 12.5. The molecule has 90 valence electrons. The first kappa shape index (κ1) is 11.7. The highest BCUT2D eigenvalue weighted by atomic mass is 16.4. The first-order valence-corrected chi connectivity index (χ1v) is 6.60. The van der Waals surface area contributed by atoms with E-state index in [1.165, 1.54) is 25.7 Å². The van der Waals surface area contributed by atoms with Gasteiger partial charge in [-0.3, -0.25) is 4.79 Å². The van der Waals surface area contributed by atoms with E-state index in [1.807, 2.05) is 0 Å². The Kier molecular flexibility index (Phi) is 3.36. The lowest BCUT2D eigenvalue weighted by molar-refractivity contribution is -0.144. The van der Waals surface area contributed by atoms with Crippen LogP contribution in [0.3, 0.4) is 0 Å². The number of hydrogen-bond donors (Lipinski definition) is 1. The molecule has 3 unspecified atom stereocenters. The van der Waals surface area contributed by atoms with Crippen molar-refractivity contribution in [3.63, 3.8) is 0 Å². The van der Waals surface area contributed by atoms with Crippen molar-refractivity contribution >= 4 is 5.97 Å². The fourth-order valence-electron chi connectivity index (χ4n) is 3.50. The maximum atomic E-state index is 11.3. The normalized spacial score (nSPS) is 35.8. The largest absolute Gasteiger partial charge is 0.481 e. The molecule has 0 aromatic rings. The maximum absolute atomic E-state index is 11.3. The Morgan fingerprint density at radius 3 is 2.88 bits per heavy atom. The Morgan fingerprint density at radius 2 is 2.25 bits per heavy atom. The number of allylic oxidation sites excluding steroid dienone is 2. The molecule has 16 heavy (non-hydrogen) atoms. The monoisotopic (exact) mass is 222 g/mol. The standard InChI is InChI=1S/C14H22O2/c1-2-3-4-5-7-14-8-6-11(10-14)9-12(14)13(15)16/h6,8,11-12H,2-5,7,9-10H2,1H3,(H,15,16). The summed E-state index contributed by atoms with van der Waals surface area (Å²) < 4.78 is 0. The highest BCUT2D eigenvalue weighted by Gasteiger charge is 2.51. The second-order valence-corrected chi connectivity index (χ2v) is 5.49. The number of unbranched alkanes of at least 4 members (excludes halogenated alkanes) is 3. The van der Waals surface area contributed by atoms with Crippen LogP contribution in [0.4, 0.5) is 0 Å². The van der Waals surface area contributed by atoms with E-state index < -0.39 is 5.97 Å². The molecule has 2 bridgehead atoms. The van der Waals surface area contributed by atoms with Crippen molar-refractivity contribution in [2.24, 2.45) is 17.3 Å². The quantitative estimate of drug-likeness (QED) is 0.550. The Labute approximate surface area is 97.7 Å². The van der Waals surface area contributed by atoms with Gasteiger partial charge in [0.05, 0.1) is 5.92 Å². The van der Waals surface area contributed by atoms with Crippen LogP contribution < -0.4 is 0 Å². The minimum atomic E-state index is -0.581. The van der Waals surface area contributed by atoms with Gasteiger partial charge in [-0.05, 0) is 25.2 Å². The Hall–Kier alpha value is -0.790. The molecular formula is C14H22O2. The third-order valence-corrected chi connectivity index (χ3v) is 4.37. The Balaban J connectivity index is 1.93. The first-order chi connectivity index (χ1) is 7.68. The number of rotatable bonds is 6. The second kappa shape index (κ2) is 4.60. The molecule has 0 aromatic carbocycles. The van der Waals surface area contributed by atoms with Crippen molar-refractivity contribution in [3.05, 3.63) is 12.2 Å². The second-order valence-electron chi connectivity index (χ2n) is 5.49. The van der Waals surface area contributed by atoms with Gasteiger partial charge < -0.3 is 5.11 Å². The van der Waals surface area contributed by atoms with Crippen molar-refractivity contribution in [2.45, 2.75) is 51.9 Å². The lowest BCUT2D eigenvalue weighted by atomic mass is 9.74. The minimum Gasteiger partial charge on any atom is -0.481 e. The van der Waals surface area contributed by atoms with Gasteiger partial charge in [0.25, 0.3) is 0 Å². The summed E-state index contributed by atoms with van der Waals surface area (Å²) in [6.45, 7) is 2.21. The predicted octanol–water partition coefficient (Wildman–Crippen LogP) is 3.62. The van der Waals surface area contributed by atoms with Gasteiger partial charge >= 0.3 is 5.97 Å². The molecule has 0 aliphatic heterocycles. The summed E-state index contributed by atoms with van der Waals surface area (Å²) in [6, 6.07) is 0. The summed E-state index contributed by atoms with van der Waals surface area (Å²) >= 11 is 0. The van der Waals surface area contributed by atoms with Gasteiger partial charge in [0.1, 0.15) is 0 Å². The number of carboxylic acids is 1. The summed E-state index contributed by atoms with van der Waals surface area (Å²) in [5.41, 5.74) is 0.0181. The van der Waals surface area contributed by atoms with Crippen molar-refractivity contribution in [1.82, 2.24) is 0 Å². The van der Waals surface area contributed by atoms with Crippen molar-refractivity contribution < 1.29 is 9.90 Å². The number of carboxylic acid groups (broad SMARTS) is 1. The van der Waals surface area contributed by atoms with Gasteiger partial charge in [-0.2, -0.15) is 0 Å². The van der Waals surface area contributed by atoms with Crippen LogP contribution in [0.5, 0.6) is 0 Å². The zero-order valence-electron chi connectivity index (χ0n) is 10.1. The van der Waals surface area contributed by atoms with Gasteiger partial charge in [0.2, 0.25) is 0 Å². The summed E-state index contributed by atoms with van der Waals surface area (Å²) in [5, 5.41) is 9.27. The van der Waals surface area contributed by atoms with E-state index in [0.29, 0.717) is 5.92 Å². The van der Waals surface area contributed by atoms with Crippen LogP contribution in [-0.4, -0.2) is 11.1 Å². The molecule has 2 nitrogen and oxygen atoms in total. The summed E-state index contributed by atoms with van der Waals surface area (Å²) in [7, 11) is 0. The number of hydrogen-bond acceptors (Lipinski definition) is 1. The Bertz CT molecular complexity index is 295. The lowest BCUT2D eigenvalue weighted by Gasteiger charge is -2.29. The fraction of sp³-hybridized carbons (Fsp3) is 0.786. The van der Waals surface area contributed by atoms with Crippen molar-refractivity contribution in [3.8, 4) is 0 Å². The number of carbonyl (C=O) groups is 1. The SMILES string of the molecule is CCCCCCC12C=CC(CC1C(=O)O)C2. The van der Waals surface area contributed by atoms with Crippen LogP contribution in [0.2, 0.25) is 0 Å². The highest BCUT2D eigenvalue weighted by Crippen LogP contribution is 2.55. The molecule has 2 rings (SSSR count). The molecule has 0 saturated heterocycles. The molecule has 1 saturated carbocycles. The van der Waals surface area contributed by atoms with E-state index in [9.17, 15) is 9.90 Å². The van der Waals surface area contributed by atoms with E-state index in [4.69, 9.17) is 0 Å². The van der Waals surface area contributed by atoms with Crippen LogP contribution in [0, 0.1) is 17.3 Å². The molecule has 2 heteroatoms. The van der Waals surface area contributed by atoms with Crippen molar-refractivity contribution in [2.75, 3.05) is 0 Å². The van der Waals surface area contributed by atoms with Gasteiger partial charge in [-0.25, -0.2) is 0 Å². The maximum Gasteiger partial charge on any atom is 0.307 e. The predicted molar refractivity (Wildman–Crippen MR) is 64.2 cm³/mol. The fourth-order valence-corrected chi connectivity index (χ4v) is 3.50. The molecule has 3 atom stereocenters. The van der Waals surface area contributed by atoms with E-state index >= 15 is 0 Å². The van der Waals surface area contributed by atoms with E-state index in [2.05, 4.69) is 19.1 Å². The van der Waals surface area contributed by atoms with Crippen LogP contribution in [0.15, 0.2) is 12.2 Å². The number of aliphatic carboxylic acids is 1. The first-order valence-electron chi connectivity index (χ1n) is 6.60. The topological polar surface area (TPSA) is 37.3 Å². The van der Waals surface area contributed by atoms with Crippen LogP contribution in [-0.2, 0) is 4.79 Å². The molecular weight excluding hydrogens is 200 g/mol. The molecule has 2 aliphatic carbocycles. The van der Waals surface area contributed by atoms with E-state index in [-0.39, 0.29) is 11.3 Å². The van der Waals surface area contributed by atoms with Crippen LogP contribution in [0.1, 0.15) is 51.9 Å². The molecule has 0 radical (unpaired) electrons. The lowest BCUT2D eigenvalue weighted by Crippen LogP contribution is -2.29. The molecule has 0 amide bonds. The Morgan fingerprint density at radius 1 is 1.44 bits per heavy atom. The summed E-state index contributed by atoms with van der Waals surface area (Å²) in [5.74, 6) is -0.140. The van der Waals surface area contributed by atoms with E-state index in [1.54, 1.807) is 0 Å². The average Bonchev–Trinajstić information content (AvgIpc) is 2.82. The van der Waals surface area contributed by atoms with Crippen LogP contribution >= 0.6 is 0 Å². The number of fused-ring (bicyclic) bond motifs is 2. The third kappa shape index (κ3) is 2.02. The van der Waals surface area contributed by atoms with Gasteiger partial charge in [-0.15, -0.1) is 0 Å². The molecule has 0 spiro atoms. The molecule has 2 aliphatic rings. The molecule has 1 fully saturated rings. The summed E-state index contributed by atoms with van der Waals surface area (Å²) in [4.78, 5) is 11.3. The molecule has 1 N–H and O–H groups in total. The van der Waals surface area contributed by atoms with Crippen LogP contribution in [0.25, 0.3) is 0 Å². The zero-order chi connectivity index (χ0) is 11.6. The smallest absolute Gasteiger partial charge is 0.307 e.